The molecule has 0 aliphatic heterocycles. The molecule has 2 aromatic heterocycles. The van der Waals surface area contributed by atoms with E-state index in [1.165, 1.54) is 11.8 Å². The van der Waals surface area contributed by atoms with Crippen molar-refractivity contribution in [3.8, 4) is 0 Å². The molecule has 1 N–H and O–H groups in total. The monoisotopic (exact) mass is 415 g/mol. The molecule has 146 valence electrons. The summed E-state index contributed by atoms with van der Waals surface area (Å²) in [5.41, 5.74) is 3.55. The largest absolute Gasteiger partial charge is 0.361 e. The van der Waals surface area contributed by atoms with Crippen molar-refractivity contribution in [1.82, 2.24) is 15.5 Å². The van der Waals surface area contributed by atoms with Gasteiger partial charge in [0.1, 0.15) is 10.8 Å². The molecule has 0 radical (unpaired) electrons. The van der Waals surface area contributed by atoms with E-state index >= 15 is 0 Å². The van der Waals surface area contributed by atoms with Crippen LogP contribution < -0.4 is 5.32 Å². The Morgan fingerprint density at radius 1 is 1.29 bits per heavy atom. The van der Waals surface area contributed by atoms with Crippen molar-refractivity contribution in [3.63, 3.8) is 0 Å². The number of amides is 1. The van der Waals surface area contributed by atoms with E-state index in [9.17, 15) is 4.79 Å². The molecule has 1 aromatic carbocycles. The molecule has 0 aliphatic carbocycles. The zero-order valence-corrected chi connectivity index (χ0v) is 17.6. The summed E-state index contributed by atoms with van der Waals surface area (Å²) < 4.78 is 5.21. The molecule has 1 amide bonds. The molecule has 0 fully saturated rings. The summed E-state index contributed by atoms with van der Waals surface area (Å²) in [6, 6.07) is 11.2. The first kappa shape index (κ1) is 20.4. The second-order valence-electron chi connectivity index (χ2n) is 6.66. The lowest BCUT2D eigenvalue weighted by molar-refractivity contribution is 0.0936. The lowest BCUT2D eigenvalue weighted by Crippen LogP contribution is -2.34. The van der Waals surface area contributed by atoms with E-state index in [0.717, 1.165) is 22.6 Å². The Morgan fingerprint density at radius 2 is 2.11 bits per heavy atom. The topological polar surface area (TPSA) is 68.0 Å². The summed E-state index contributed by atoms with van der Waals surface area (Å²) in [4.78, 5) is 17.2. The molecular weight excluding hydrogens is 394 g/mol. The summed E-state index contributed by atoms with van der Waals surface area (Å²) in [7, 11) is 0. The minimum absolute atomic E-state index is 0.0356. The Bertz CT molecular complexity index is 954. The van der Waals surface area contributed by atoms with Gasteiger partial charge in [-0.3, -0.25) is 4.79 Å². The van der Waals surface area contributed by atoms with Gasteiger partial charge in [-0.2, -0.15) is 0 Å². The number of hydrogen-bond donors (Lipinski definition) is 1. The van der Waals surface area contributed by atoms with E-state index < -0.39 is 0 Å². The number of nitrogens with one attached hydrogen (secondary N) is 1. The molecule has 2 heterocycles. The maximum atomic E-state index is 12.8. The number of aromatic nitrogens is 2. The third kappa shape index (κ3) is 5.14. The zero-order chi connectivity index (χ0) is 20.1. The first-order valence-electron chi connectivity index (χ1n) is 8.99. The summed E-state index contributed by atoms with van der Waals surface area (Å²) in [6.45, 7) is 5.78. The number of carbonyl (C=O) groups excluding carboxylic acids is 1. The Kier molecular flexibility index (Phi) is 6.75. The number of halogens is 1. The molecule has 0 saturated carbocycles. The summed E-state index contributed by atoms with van der Waals surface area (Å²) in [5, 5.41) is 8.41. The van der Waals surface area contributed by atoms with E-state index in [0.29, 0.717) is 27.8 Å². The number of aryl methyl sites for hydroxylation is 2. The number of nitrogens with zero attached hydrogens (tertiary/aromatic N) is 2. The third-order valence-electron chi connectivity index (χ3n) is 4.36. The Balaban J connectivity index is 1.66. The molecule has 0 bridgehead atoms. The third-order valence-corrected chi connectivity index (χ3v) is 5.63. The van der Waals surface area contributed by atoms with E-state index in [1.807, 2.05) is 45.0 Å². The SMILES string of the molecule is Cc1noc(C)c1CSc1ncccc1C(=O)NC(C)Cc1cccc(Cl)c1. The van der Waals surface area contributed by atoms with Crippen LogP contribution in [0.25, 0.3) is 0 Å². The second kappa shape index (κ2) is 9.26. The average Bonchev–Trinajstić information content (AvgIpc) is 2.98. The van der Waals surface area contributed by atoms with Crippen LogP contribution in [0.15, 0.2) is 52.1 Å². The molecule has 7 heteroatoms. The summed E-state index contributed by atoms with van der Waals surface area (Å²) >= 11 is 7.55. The van der Waals surface area contributed by atoms with E-state index in [-0.39, 0.29) is 11.9 Å². The van der Waals surface area contributed by atoms with Gasteiger partial charge < -0.3 is 9.84 Å². The highest BCUT2D eigenvalue weighted by Gasteiger charge is 2.17. The van der Waals surface area contributed by atoms with Gasteiger partial charge in [0.25, 0.3) is 5.91 Å². The van der Waals surface area contributed by atoms with Crippen LogP contribution >= 0.6 is 23.4 Å². The van der Waals surface area contributed by atoms with Crippen LogP contribution in [-0.2, 0) is 12.2 Å². The van der Waals surface area contributed by atoms with Crippen LogP contribution in [0.5, 0.6) is 0 Å². The Hall–Kier alpha value is -2.31. The van der Waals surface area contributed by atoms with Crippen molar-refractivity contribution >= 4 is 29.3 Å². The van der Waals surface area contributed by atoms with Crippen LogP contribution in [0, 0.1) is 13.8 Å². The smallest absolute Gasteiger partial charge is 0.254 e. The van der Waals surface area contributed by atoms with Crippen molar-refractivity contribution in [3.05, 3.63) is 75.8 Å². The Labute approximate surface area is 173 Å². The molecule has 0 saturated heterocycles. The average molecular weight is 416 g/mol. The van der Waals surface area contributed by atoms with Gasteiger partial charge in [-0.25, -0.2) is 4.98 Å². The minimum Gasteiger partial charge on any atom is -0.361 e. The maximum Gasteiger partial charge on any atom is 0.254 e. The Morgan fingerprint density at radius 3 is 2.82 bits per heavy atom. The maximum absolute atomic E-state index is 12.8. The van der Waals surface area contributed by atoms with Crippen LogP contribution in [0.1, 0.15) is 39.9 Å². The number of hydrogen-bond acceptors (Lipinski definition) is 5. The first-order chi connectivity index (χ1) is 13.4. The fourth-order valence-corrected chi connectivity index (χ4v) is 4.25. The lowest BCUT2D eigenvalue weighted by atomic mass is 10.1. The molecule has 0 aliphatic rings. The molecule has 1 atom stereocenters. The van der Waals surface area contributed by atoms with Crippen molar-refractivity contribution in [1.29, 1.82) is 0 Å². The minimum atomic E-state index is -0.135. The van der Waals surface area contributed by atoms with Crippen molar-refractivity contribution in [2.24, 2.45) is 0 Å². The predicted molar refractivity (Wildman–Crippen MR) is 112 cm³/mol. The fourth-order valence-electron chi connectivity index (χ4n) is 2.90. The highest BCUT2D eigenvalue weighted by molar-refractivity contribution is 7.98. The van der Waals surface area contributed by atoms with Gasteiger partial charge >= 0.3 is 0 Å². The zero-order valence-electron chi connectivity index (χ0n) is 16.0. The van der Waals surface area contributed by atoms with Gasteiger partial charge in [-0.05, 0) is 57.0 Å². The summed E-state index contributed by atoms with van der Waals surface area (Å²) in [5.74, 6) is 1.31. The van der Waals surface area contributed by atoms with Gasteiger partial charge in [0, 0.05) is 28.6 Å². The molecule has 28 heavy (non-hydrogen) atoms. The number of carbonyl (C=O) groups is 1. The first-order valence-corrected chi connectivity index (χ1v) is 10.3. The number of pyridine rings is 1. The van der Waals surface area contributed by atoms with Crippen molar-refractivity contribution < 1.29 is 9.32 Å². The van der Waals surface area contributed by atoms with E-state index in [2.05, 4.69) is 15.5 Å². The number of rotatable bonds is 7. The lowest BCUT2D eigenvalue weighted by Gasteiger charge is -2.15. The van der Waals surface area contributed by atoms with Gasteiger partial charge in [0.05, 0.1) is 11.3 Å². The van der Waals surface area contributed by atoms with Crippen molar-refractivity contribution in [2.75, 3.05) is 0 Å². The highest BCUT2D eigenvalue weighted by Crippen LogP contribution is 2.27. The molecular formula is C21H22ClN3O2S. The predicted octanol–water partition coefficient (Wildman–Crippen LogP) is 4.99. The normalized spacial score (nSPS) is 12.0. The van der Waals surface area contributed by atoms with Crippen LogP contribution in [-0.4, -0.2) is 22.1 Å². The van der Waals surface area contributed by atoms with Gasteiger partial charge in [0.2, 0.25) is 0 Å². The van der Waals surface area contributed by atoms with E-state index in [1.54, 1.807) is 18.3 Å². The molecule has 1 unspecified atom stereocenters. The van der Waals surface area contributed by atoms with Gasteiger partial charge in [-0.15, -0.1) is 11.8 Å². The molecule has 5 nitrogen and oxygen atoms in total. The standard InChI is InChI=1S/C21H22ClN3O2S/c1-13(10-16-6-4-7-17(22)11-16)24-20(26)18-8-5-9-23-21(18)28-12-19-14(2)25-27-15(19)3/h4-9,11,13H,10,12H2,1-3H3,(H,24,26). The quantitative estimate of drug-likeness (QED) is 0.550. The summed E-state index contributed by atoms with van der Waals surface area (Å²) in [6.07, 6.45) is 2.40. The fraction of sp³-hybridized carbons (Fsp3) is 0.286. The van der Waals surface area contributed by atoms with Crippen LogP contribution in [0.3, 0.4) is 0 Å². The second-order valence-corrected chi connectivity index (χ2v) is 8.06. The number of thioether (sulfide) groups is 1. The van der Waals surface area contributed by atoms with Gasteiger partial charge in [0.15, 0.2) is 0 Å². The highest BCUT2D eigenvalue weighted by atomic mass is 35.5. The van der Waals surface area contributed by atoms with Crippen molar-refractivity contribution in [2.45, 2.75) is 44.0 Å². The van der Waals surface area contributed by atoms with Crippen LogP contribution in [0.2, 0.25) is 5.02 Å². The molecule has 0 spiro atoms. The van der Waals surface area contributed by atoms with Crippen LogP contribution in [0.4, 0.5) is 0 Å². The van der Waals surface area contributed by atoms with Gasteiger partial charge in [-0.1, -0.05) is 28.9 Å². The number of benzene rings is 1. The molecule has 3 rings (SSSR count). The molecule has 3 aromatic rings. The van der Waals surface area contributed by atoms with E-state index in [4.69, 9.17) is 16.1 Å².